The summed E-state index contributed by atoms with van der Waals surface area (Å²) in [5, 5.41) is 15.0. The lowest BCUT2D eigenvalue weighted by molar-refractivity contribution is 0.0342. The van der Waals surface area contributed by atoms with E-state index in [1.165, 1.54) is 0 Å². The molecule has 2 aromatic rings. The summed E-state index contributed by atoms with van der Waals surface area (Å²) in [6, 6.07) is 7.79. The van der Waals surface area contributed by atoms with Crippen molar-refractivity contribution < 1.29 is 9.84 Å². The van der Waals surface area contributed by atoms with Crippen LogP contribution in [0.2, 0.25) is 0 Å². The number of aliphatic hydroxyl groups is 1. The first-order valence-corrected chi connectivity index (χ1v) is 8.10. The minimum Gasteiger partial charge on any atom is -0.497 e. The SMILES string of the molecule is CCN(CC)C[C@@](C)(O)CNc1cc(OC)cc2cccnc12. The zero-order chi connectivity index (χ0) is 16.9. The number of rotatable bonds is 8. The van der Waals surface area contributed by atoms with Crippen molar-refractivity contribution in [3.8, 4) is 5.75 Å². The van der Waals surface area contributed by atoms with E-state index in [0.29, 0.717) is 13.1 Å². The Labute approximate surface area is 138 Å². The van der Waals surface area contributed by atoms with E-state index in [4.69, 9.17) is 4.74 Å². The molecule has 5 nitrogen and oxygen atoms in total. The van der Waals surface area contributed by atoms with Crippen LogP contribution in [0, 0.1) is 0 Å². The van der Waals surface area contributed by atoms with Gasteiger partial charge in [0.1, 0.15) is 5.75 Å². The Morgan fingerprint density at radius 3 is 2.70 bits per heavy atom. The molecular formula is C18H27N3O2. The van der Waals surface area contributed by atoms with Crippen molar-refractivity contribution in [2.75, 3.05) is 38.6 Å². The zero-order valence-electron chi connectivity index (χ0n) is 14.5. The van der Waals surface area contributed by atoms with Gasteiger partial charge in [-0.15, -0.1) is 0 Å². The smallest absolute Gasteiger partial charge is 0.121 e. The van der Waals surface area contributed by atoms with Crippen molar-refractivity contribution >= 4 is 16.6 Å². The Bertz CT molecular complexity index is 639. The highest BCUT2D eigenvalue weighted by Crippen LogP contribution is 2.28. The summed E-state index contributed by atoms with van der Waals surface area (Å²) in [5.74, 6) is 0.774. The molecule has 0 saturated carbocycles. The summed E-state index contributed by atoms with van der Waals surface area (Å²) >= 11 is 0. The lowest BCUT2D eigenvalue weighted by Crippen LogP contribution is -2.45. The first-order chi connectivity index (χ1) is 11.0. The van der Waals surface area contributed by atoms with E-state index in [2.05, 4.69) is 29.0 Å². The van der Waals surface area contributed by atoms with Crippen LogP contribution in [0.15, 0.2) is 30.5 Å². The van der Waals surface area contributed by atoms with Gasteiger partial charge in [0.2, 0.25) is 0 Å². The quantitative estimate of drug-likeness (QED) is 0.784. The van der Waals surface area contributed by atoms with E-state index in [-0.39, 0.29) is 0 Å². The third-order valence-corrected chi connectivity index (χ3v) is 4.03. The molecule has 23 heavy (non-hydrogen) atoms. The Kier molecular flexibility index (Phi) is 5.80. The van der Waals surface area contributed by atoms with Crippen LogP contribution >= 0.6 is 0 Å². The molecule has 1 heterocycles. The Morgan fingerprint density at radius 1 is 1.30 bits per heavy atom. The molecule has 0 aliphatic carbocycles. The summed E-state index contributed by atoms with van der Waals surface area (Å²) in [7, 11) is 1.65. The van der Waals surface area contributed by atoms with E-state index in [0.717, 1.165) is 35.4 Å². The normalized spacial score (nSPS) is 14.0. The fraction of sp³-hybridized carbons (Fsp3) is 0.500. The second-order valence-corrected chi connectivity index (χ2v) is 6.06. The van der Waals surface area contributed by atoms with Crippen LogP contribution in [-0.2, 0) is 0 Å². The van der Waals surface area contributed by atoms with Crippen LogP contribution in [0.25, 0.3) is 10.9 Å². The molecule has 0 bridgehead atoms. The molecule has 0 unspecified atom stereocenters. The van der Waals surface area contributed by atoms with Crippen molar-refractivity contribution in [3.05, 3.63) is 30.5 Å². The summed E-state index contributed by atoms with van der Waals surface area (Å²) in [5.41, 5.74) is 0.933. The molecule has 0 radical (unpaired) electrons. The maximum atomic E-state index is 10.7. The molecule has 1 aromatic carbocycles. The topological polar surface area (TPSA) is 57.6 Å². The number of hydrogen-bond acceptors (Lipinski definition) is 5. The standard InChI is InChI=1S/C18H27N3O2/c1-5-21(6-2)13-18(3,22)12-20-16-11-15(23-4)10-14-8-7-9-19-17(14)16/h7-11,20,22H,5-6,12-13H2,1-4H3/t18-/m0/s1. The van der Waals surface area contributed by atoms with E-state index in [1.54, 1.807) is 13.3 Å². The highest BCUT2D eigenvalue weighted by molar-refractivity contribution is 5.91. The van der Waals surface area contributed by atoms with Gasteiger partial charge in [-0.05, 0) is 32.1 Å². The van der Waals surface area contributed by atoms with Crippen molar-refractivity contribution in [2.24, 2.45) is 0 Å². The number of anilines is 1. The van der Waals surface area contributed by atoms with E-state index in [1.807, 2.05) is 31.2 Å². The second-order valence-electron chi connectivity index (χ2n) is 6.06. The number of fused-ring (bicyclic) bond motifs is 1. The molecule has 0 spiro atoms. The predicted molar refractivity (Wildman–Crippen MR) is 95.2 cm³/mol. The van der Waals surface area contributed by atoms with Crippen LogP contribution in [-0.4, -0.2) is 53.9 Å². The maximum Gasteiger partial charge on any atom is 0.121 e. The van der Waals surface area contributed by atoms with Crippen molar-refractivity contribution in [2.45, 2.75) is 26.4 Å². The fourth-order valence-corrected chi connectivity index (χ4v) is 2.69. The van der Waals surface area contributed by atoms with Crippen LogP contribution in [0.4, 0.5) is 5.69 Å². The number of benzene rings is 1. The largest absolute Gasteiger partial charge is 0.497 e. The summed E-state index contributed by atoms with van der Waals surface area (Å²) in [6.07, 6.45) is 1.77. The molecule has 126 valence electrons. The number of pyridine rings is 1. The van der Waals surface area contributed by atoms with Crippen LogP contribution < -0.4 is 10.1 Å². The third kappa shape index (κ3) is 4.56. The van der Waals surface area contributed by atoms with Crippen LogP contribution in [0.1, 0.15) is 20.8 Å². The van der Waals surface area contributed by atoms with E-state index < -0.39 is 5.60 Å². The van der Waals surface area contributed by atoms with E-state index in [9.17, 15) is 5.11 Å². The zero-order valence-corrected chi connectivity index (χ0v) is 14.5. The molecule has 0 amide bonds. The van der Waals surface area contributed by atoms with Gasteiger partial charge in [-0.2, -0.15) is 0 Å². The van der Waals surface area contributed by atoms with Gasteiger partial charge in [-0.1, -0.05) is 19.9 Å². The monoisotopic (exact) mass is 317 g/mol. The van der Waals surface area contributed by atoms with E-state index >= 15 is 0 Å². The molecule has 0 aliphatic heterocycles. The Morgan fingerprint density at radius 2 is 2.04 bits per heavy atom. The minimum absolute atomic E-state index is 0.447. The molecule has 0 fully saturated rings. The molecule has 5 heteroatoms. The summed E-state index contributed by atoms with van der Waals surface area (Å²) in [6.45, 7) is 8.99. The van der Waals surface area contributed by atoms with Gasteiger partial charge in [-0.25, -0.2) is 0 Å². The van der Waals surface area contributed by atoms with Crippen molar-refractivity contribution in [1.82, 2.24) is 9.88 Å². The molecule has 0 saturated heterocycles. The number of nitrogens with zero attached hydrogens (tertiary/aromatic N) is 2. The molecule has 1 atom stereocenters. The van der Waals surface area contributed by atoms with Gasteiger partial charge in [0.15, 0.2) is 0 Å². The predicted octanol–water partition coefficient (Wildman–Crippen LogP) is 2.75. The minimum atomic E-state index is -0.823. The molecule has 2 N–H and O–H groups in total. The molecule has 1 aromatic heterocycles. The number of likely N-dealkylation sites (N-methyl/N-ethyl adjacent to an activating group) is 1. The number of nitrogens with one attached hydrogen (secondary N) is 1. The first kappa shape index (κ1) is 17.5. The third-order valence-electron chi connectivity index (χ3n) is 4.03. The van der Waals surface area contributed by atoms with Crippen LogP contribution in [0.3, 0.4) is 0 Å². The molecule has 0 aliphatic rings. The average Bonchev–Trinajstić information content (AvgIpc) is 2.57. The van der Waals surface area contributed by atoms with Crippen molar-refractivity contribution in [1.29, 1.82) is 0 Å². The van der Waals surface area contributed by atoms with Crippen LogP contribution in [0.5, 0.6) is 5.75 Å². The van der Waals surface area contributed by atoms with Gasteiger partial charge >= 0.3 is 0 Å². The number of ether oxygens (including phenoxy) is 1. The fourth-order valence-electron chi connectivity index (χ4n) is 2.69. The lowest BCUT2D eigenvalue weighted by Gasteiger charge is -2.30. The van der Waals surface area contributed by atoms with Gasteiger partial charge in [0.25, 0.3) is 0 Å². The highest BCUT2D eigenvalue weighted by atomic mass is 16.5. The first-order valence-electron chi connectivity index (χ1n) is 8.10. The number of hydrogen-bond donors (Lipinski definition) is 2. The average molecular weight is 317 g/mol. The van der Waals surface area contributed by atoms with Gasteiger partial charge < -0.3 is 20.1 Å². The highest BCUT2D eigenvalue weighted by Gasteiger charge is 2.23. The maximum absolute atomic E-state index is 10.7. The van der Waals surface area contributed by atoms with Gasteiger partial charge in [-0.3, -0.25) is 4.98 Å². The molecule has 2 rings (SSSR count). The number of aromatic nitrogens is 1. The lowest BCUT2D eigenvalue weighted by atomic mass is 10.1. The summed E-state index contributed by atoms with van der Waals surface area (Å²) < 4.78 is 5.36. The summed E-state index contributed by atoms with van der Waals surface area (Å²) in [4.78, 5) is 6.65. The Hall–Kier alpha value is -1.85. The van der Waals surface area contributed by atoms with Gasteiger partial charge in [0, 0.05) is 30.7 Å². The second kappa shape index (κ2) is 7.62. The molecular weight excluding hydrogens is 290 g/mol. The number of methoxy groups -OCH3 is 1. The Balaban J connectivity index is 2.18. The van der Waals surface area contributed by atoms with Crippen molar-refractivity contribution in [3.63, 3.8) is 0 Å². The van der Waals surface area contributed by atoms with Gasteiger partial charge in [0.05, 0.1) is 23.9 Å².